The molecular weight excluding hydrogens is 283 g/mol. The molecule has 1 fully saturated rings. The van der Waals surface area contributed by atoms with E-state index in [-0.39, 0.29) is 31.8 Å². The number of fused-ring (bicyclic) bond motifs is 1. The second kappa shape index (κ2) is 4.82. The average Bonchev–Trinajstić information content (AvgIpc) is 3.00. The Kier molecular flexibility index (Phi) is 3.25. The van der Waals surface area contributed by atoms with E-state index >= 15 is 4.39 Å². The number of nitrogens with zero attached hydrogens (tertiary/aromatic N) is 2. The number of carbonyl (C=O) groups is 2. The standard InChI is InChI=1S/C13H15FN2O3S/c1-2-5-15-11(17)3-4-13(14,12(15)18)16-6-9-7-20-8-10(9)19-16/h7-8H,2-6H2,1H3/t13-/m1/s1. The zero-order valence-corrected chi connectivity index (χ0v) is 11.9. The lowest BCUT2D eigenvalue weighted by atomic mass is 10.0. The van der Waals surface area contributed by atoms with Gasteiger partial charge in [-0.3, -0.25) is 14.5 Å². The van der Waals surface area contributed by atoms with Crippen molar-refractivity contribution in [3.05, 3.63) is 16.3 Å². The molecule has 0 saturated carbocycles. The Hall–Kier alpha value is -1.47. The van der Waals surface area contributed by atoms with Crippen molar-refractivity contribution in [3.63, 3.8) is 0 Å². The first-order chi connectivity index (χ1) is 9.56. The van der Waals surface area contributed by atoms with E-state index in [1.54, 1.807) is 5.38 Å². The van der Waals surface area contributed by atoms with Crippen molar-refractivity contribution in [1.82, 2.24) is 9.96 Å². The number of hydroxylamine groups is 2. The zero-order chi connectivity index (χ0) is 14.3. The van der Waals surface area contributed by atoms with E-state index in [2.05, 4.69) is 0 Å². The zero-order valence-electron chi connectivity index (χ0n) is 11.1. The summed E-state index contributed by atoms with van der Waals surface area (Å²) in [4.78, 5) is 30.5. The molecule has 2 amide bonds. The van der Waals surface area contributed by atoms with Crippen molar-refractivity contribution in [3.8, 4) is 5.75 Å². The number of thiophene rings is 1. The summed E-state index contributed by atoms with van der Waals surface area (Å²) in [5, 5.41) is 4.73. The highest BCUT2D eigenvalue weighted by molar-refractivity contribution is 7.08. The fourth-order valence-corrected chi connectivity index (χ4v) is 3.27. The summed E-state index contributed by atoms with van der Waals surface area (Å²) in [7, 11) is 0. The van der Waals surface area contributed by atoms with Gasteiger partial charge in [0.25, 0.3) is 11.7 Å². The minimum Gasteiger partial charge on any atom is -0.401 e. The van der Waals surface area contributed by atoms with Gasteiger partial charge in [0.15, 0.2) is 5.75 Å². The largest absolute Gasteiger partial charge is 0.401 e. The minimum absolute atomic E-state index is 0.0228. The molecule has 108 valence electrons. The number of carbonyl (C=O) groups excluding carboxylic acids is 2. The number of hydrogen-bond acceptors (Lipinski definition) is 5. The van der Waals surface area contributed by atoms with E-state index in [1.807, 2.05) is 12.3 Å². The van der Waals surface area contributed by atoms with Gasteiger partial charge < -0.3 is 4.84 Å². The molecule has 20 heavy (non-hydrogen) atoms. The molecule has 1 aromatic heterocycles. The fraction of sp³-hybridized carbons (Fsp3) is 0.538. The number of amides is 2. The summed E-state index contributed by atoms with van der Waals surface area (Å²) in [6, 6.07) is 0. The first-order valence-corrected chi connectivity index (χ1v) is 7.55. The number of likely N-dealkylation sites (tertiary alicyclic amines) is 1. The van der Waals surface area contributed by atoms with Crippen LogP contribution < -0.4 is 4.84 Å². The molecule has 0 bridgehead atoms. The predicted molar refractivity (Wildman–Crippen MR) is 70.6 cm³/mol. The Bertz CT molecular complexity index is 541. The van der Waals surface area contributed by atoms with Crippen LogP contribution in [0.2, 0.25) is 0 Å². The van der Waals surface area contributed by atoms with Gasteiger partial charge in [0, 0.05) is 30.3 Å². The van der Waals surface area contributed by atoms with E-state index in [4.69, 9.17) is 4.84 Å². The summed E-state index contributed by atoms with van der Waals surface area (Å²) in [6.45, 7) is 2.33. The van der Waals surface area contributed by atoms with E-state index < -0.39 is 11.7 Å². The molecule has 1 atom stereocenters. The van der Waals surface area contributed by atoms with Gasteiger partial charge in [0.05, 0.1) is 6.54 Å². The van der Waals surface area contributed by atoms with E-state index in [0.29, 0.717) is 12.2 Å². The molecule has 0 radical (unpaired) electrons. The number of imide groups is 1. The summed E-state index contributed by atoms with van der Waals surface area (Å²) >= 11 is 1.48. The van der Waals surface area contributed by atoms with Crippen LogP contribution in [-0.4, -0.2) is 34.1 Å². The lowest BCUT2D eigenvalue weighted by Gasteiger charge is -2.38. The number of rotatable bonds is 3. The summed E-state index contributed by atoms with van der Waals surface area (Å²) < 4.78 is 15.1. The van der Waals surface area contributed by atoms with E-state index in [0.717, 1.165) is 15.5 Å². The monoisotopic (exact) mass is 298 g/mol. The third kappa shape index (κ3) is 1.92. The second-order valence-electron chi connectivity index (χ2n) is 5.00. The molecule has 0 aliphatic carbocycles. The van der Waals surface area contributed by atoms with Crippen LogP contribution in [0.4, 0.5) is 4.39 Å². The Morgan fingerprint density at radius 3 is 2.95 bits per heavy atom. The van der Waals surface area contributed by atoms with Gasteiger partial charge in [0.1, 0.15) is 0 Å². The quantitative estimate of drug-likeness (QED) is 0.633. The maximum atomic E-state index is 15.1. The van der Waals surface area contributed by atoms with Crippen molar-refractivity contribution >= 4 is 23.2 Å². The molecule has 2 aliphatic rings. The van der Waals surface area contributed by atoms with Crippen LogP contribution in [-0.2, 0) is 16.1 Å². The molecule has 0 spiro atoms. The van der Waals surface area contributed by atoms with Gasteiger partial charge >= 0.3 is 0 Å². The number of piperidine rings is 1. The van der Waals surface area contributed by atoms with Crippen molar-refractivity contribution in [2.24, 2.45) is 0 Å². The van der Waals surface area contributed by atoms with Gasteiger partial charge in [-0.25, -0.2) is 4.39 Å². The Morgan fingerprint density at radius 2 is 2.25 bits per heavy atom. The Labute approximate surface area is 119 Å². The van der Waals surface area contributed by atoms with Crippen LogP contribution in [0.3, 0.4) is 0 Å². The fourth-order valence-electron chi connectivity index (χ4n) is 2.53. The van der Waals surface area contributed by atoms with E-state index in [9.17, 15) is 9.59 Å². The third-order valence-corrected chi connectivity index (χ3v) is 4.38. The van der Waals surface area contributed by atoms with E-state index in [1.165, 1.54) is 11.3 Å². The smallest absolute Gasteiger partial charge is 0.285 e. The molecule has 1 aromatic rings. The first-order valence-electron chi connectivity index (χ1n) is 6.60. The lowest BCUT2D eigenvalue weighted by Crippen LogP contribution is -2.61. The van der Waals surface area contributed by atoms with Crippen LogP contribution in [0.25, 0.3) is 0 Å². The van der Waals surface area contributed by atoms with Crippen molar-refractivity contribution in [2.45, 2.75) is 38.5 Å². The van der Waals surface area contributed by atoms with Crippen LogP contribution in [0.15, 0.2) is 10.8 Å². The van der Waals surface area contributed by atoms with Crippen molar-refractivity contribution in [1.29, 1.82) is 0 Å². The SMILES string of the molecule is CCCN1C(=O)CC[C@@](F)(N2Cc3cscc3O2)C1=O. The molecule has 0 N–H and O–H groups in total. The molecule has 5 nitrogen and oxygen atoms in total. The molecule has 0 aromatic carbocycles. The van der Waals surface area contributed by atoms with Crippen LogP contribution in [0.1, 0.15) is 31.7 Å². The average molecular weight is 298 g/mol. The second-order valence-corrected chi connectivity index (χ2v) is 5.74. The number of halogens is 1. The topological polar surface area (TPSA) is 49.9 Å². The minimum atomic E-state index is -2.25. The molecule has 3 rings (SSSR count). The highest BCUT2D eigenvalue weighted by Crippen LogP contribution is 2.40. The summed E-state index contributed by atoms with van der Waals surface area (Å²) in [5.41, 5.74) is 0.874. The van der Waals surface area contributed by atoms with Crippen LogP contribution in [0.5, 0.6) is 5.75 Å². The van der Waals surface area contributed by atoms with Crippen LogP contribution >= 0.6 is 11.3 Å². The Morgan fingerprint density at radius 1 is 1.45 bits per heavy atom. The normalized spacial score (nSPS) is 26.8. The van der Waals surface area contributed by atoms with Gasteiger partial charge in [0.2, 0.25) is 5.91 Å². The highest BCUT2D eigenvalue weighted by atomic mass is 32.1. The molecule has 2 aliphatic heterocycles. The Balaban J connectivity index is 1.83. The maximum Gasteiger partial charge on any atom is 0.285 e. The highest BCUT2D eigenvalue weighted by Gasteiger charge is 2.54. The van der Waals surface area contributed by atoms with Gasteiger partial charge in [-0.05, 0) is 11.8 Å². The van der Waals surface area contributed by atoms with Gasteiger partial charge in [-0.15, -0.1) is 11.3 Å². The molecule has 1 saturated heterocycles. The lowest BCUT2D eigenvalue weighted by molar-refractivity contribution is -0.218. The first kappa shape index (κ1) is 13.5. The molecule has 0 unspecified atom stereocenters. The van der Waals surface area contributed by atoms with Crippen molar-refractivity contribution in [2.75, 3.05) is 6.54 Å². The molecular formula is C13H15FN2O3S. The van der Waals surface area contributed by atoms with Gasteiger partial charge in [-0.1, -0.05) is 12.0 Å². The summed E-state index contributed by atoms with van der Waals surface area (Å²) in [6.07, 6.45) is 0.481. The number of alkyl halides is 1. The molecule has 7 heteroatoms. The maximum absolute atomic E-state index is 15.1. The molecule has 3 heterocycles. The predicted octanol–water partition coefficient (Wildman–Crippen LogP) is 2.08. The van der Waals surface area contributed by atoms with Crippen LogP contribution in [0, 0.1) is 0 Å². The third-order valence-electron chi connectivity index (χ3n) is 3.61. The summed E-state index contributed by atoms with van der Waals surface area (Å²) in [5.74, 6) is -2.76. The number of hydrogen-bond donors (Lipinski definition) is 0. The van der Waals surface area contributed by atoms with Gasteiger partial charge in [-0.2, -0.15) is 0 Å². The van der Waals surface area contributed by atoms with Crippen molar-refractivity contribution < 1.29 is 18.8 Å².